The van der Waals surface area contributed by atoms with Crippen molar-refractivity contribution in [2.24, 2.45) is 0 Å². The van der Waals surface area contributed by atoms with Gasteiger partial charge >= 0.3 is 0 Å². The molecule has 4 nitrogen and oxygen atoms in total. The third-order valence-electron chi connectivity index (χ3n) is 2.76. The Morgan fingerprint density at radius 3 is 2.94 bits per heavy atom. The molecule has 0 atom stereocenters. The SMILES string of the molecule is Cc1cnn(CCNCc2sccc2C)c(=O)c1. The molecule has 0 saturated heterocycles. The number of rotatable bonds is 5. The largest absolute Gasteiger partial charge is 0.310 e. The summed E-state index contributed by atoms with van der Waals surface area (Å²) in [7, 11) is 0. The lowest BCUT2D eigenvalue weighted by Gasteiger charge is -2.06. The topological polar surface area (TPSA) is 46.9 Å². The van der Waals surface area contributed by atoms with Crippen molar-refractivity contribution in [1.82, 2.24) is 15.1 Å². The maximum atomic E-state index is 11.6. The Balaban J connectivity index is 1.82. The average molecular weight is 263 g/mol. The van der Waals surface area contributed by atoms with Gasteiger partial charge in [-0.25, -0.2) is 4.68 Å². The van der Waals surface area contributed by atoms with Crippen LogP contribution in [0.4, 0.5) is 0 Å². The standard InChI is InChI=1S/C13H17N3OS/c1-10-7-13(17)16(15-8-10)5-4-14-9-12-11(2)3-6-18-12/h3,6-8,14H,4-5,9H2,1-2H3. The Labute approximate surface area is 110 Å². The molecule has 0 aromatic carbocycles. The zero-order valence-corrected chi connectivity index (χ0v) is 11.5. The summed E-state index contributed by atoms with van der Waals surface area (Å²) in [6.07, 6.45) is 1.71. The molecular weight excluding hydrogens is 246 g/mol. The highest BCUT2D eigenvalue weighted by molar-refractivity contribution is 7.10. The summed E-state index contributed by atoms with van der Waals surface area (Å²) in [6.45, 7) is 6.18. The maximum Gasteiger partial charge on any atom is 0.267 e. The van der Waals surface area contributed by atoms with Crippen LogP contribution in [0.25, 0.3) is 0 Å². The van der Waals surface area contributed by atoms with Gasteiger partial charge in [-0.05, 0) is 36.4 Å². The van der Waals surface area contributed by atoms with Crippen LogP contribution in [-0.4, -0.2) is 16.3 Å². The van der Waals surface area contributed by atoms with Crippen LogP contribution in [-0.2, 0) is 13.1 Å². The second kappa shape index (κ2) is 5.93. The minimum atomic E-state index is -0.0379. The second-order valence-corrected chi connectivity index (χ2v) is 5.30. The molecule has 0 aliphatic heterocycles. The quantitative estimate of drug-likeness (QED) is 0.835. The average Bonchev–Trinajstić information content (AvgIpc) is 2.73. The van der Waals surface area contributed by atoms with E-state index >= 15 is 0 Å². The van der Waals surface area contributed by atoms with E-state index in [-0.39, 0.29) is 5.56 Å². The van der Waals surface area contributed by atoms with E-state index in [2.05, 4.69) is 28.8 Å². The van der Waals surface area contributed by atoms with Crippen molar-refractivity contribution in [2.45, 2.75) is 26.9 Å². The van der Waals surface area contributed by atoms with Gasteiger partial charge in [0.1, 0.15) is 0 Å². The molecule has 0 radical (unpaired) electrons. The lowest BCUT2D eigenvalue weighted by molar-refractivity contribution is 0.531. The molecule has 0 bridgehead atoms. The molecule has 0 aliphatic rings. The van der Waals surface area contributed by atoms with E-state index in [4.69, 9.17) is 0 Å². The first kappa shape index (κ1) is 13.0. The number of aromatic nitrogens is 2. The summed E-state index contributed by atoms with van der Waals surface area (Å²) in [5, 5.41) is 9.52. The maximum absolute atomic E-state index is 11.6. The molecular formula is C13H17N3OS. The summed E-state index contributed by atoms with van der Waals surface area (Å²) >= 11 is 1.75. The van der Waals surface area contributed by atoms with Gasteiger partial charge in [-0.15, -0.1) is 11.3 Å². The van der Waals surface area contributed by atoms with Gasteiger partial charge in [-0.2, -0.15) is 5.10 Å². The van der Waals surface area contributed by atoms with Crippen LogP contribution in [0.5, 0.6) is 0 Å². The van der Waals surface area contributed by atoms with Crippen molar-refractivity contribution >= 4 is 11.3 Å². The van der Waals surface area contributed by atoms with E-state index < -0.39 is 0 Å². The third kappa shape index (κ3) is 3.27. The molecule has 0 saturated carbocycles. The van der Waals surface area contributed by atoms with Crippen molar-refractivity contribution < 1.29 is 0 Å². The Kier molecular flexibility index (Phi) is 4.28. The zero-order chi connectivity index (χ0) is 13.0. The van der Waals surface area contributed by atoms with Gasteiger partial charge in [0, 0.05) is 24.0 Å². The van der Waals surface area contributed by atoms with Gasteiger partial charge in [0.05, 0.1) is 12.7 Å². The van der Waals surface area contributed by atoms with E-state index in [1.54, 1.807) is 23.6 Å². The summed E-state index contributed by atoms with van der Waals surface area (Å²) in [6, 6.07) is 3.73. The van der Waals surface area contributed by atoms with Gasteiger partial charge in [0.2, 0.25) is 0 Å². The predicted molar refractivity (Wildman–Crippen MR) is 74.0 cm³/mol. The van der Waals surface area contributed by atoms with Crippen molar-refractivity contribution in [2.75, 3.05) is 6.54 Å². The van der Waals surface area contributed by atoms with Gasteiger partial charge < -0.3 is 5.32 Å². The number of hydrogen-bond acceptors (Lipinski definition) is 4. The summed E-state index contributed by atoms with van der Waals surface area (Å²) in [5.74, 6) is 0. The second-order valence-electron chi connectivity index (χ2n) is 4.30. The van der Waals surface area contributed by atoms with E-state index in [0.717, 1.165) is 18.7 Å². The normalized spacial score (nSPS) is 10.8. The highest BCUT2D eigenvalue weighted by atomic mass is 32.1. The minimum absolute atomic E-state index is 0.0379. The fourth-order valence-corrected chi connectivity index (χ4v) is 2.54. The fraction of sp³-hybridized carbons (Fsp3) is 0.385. The van der Waals surface area contributed by atoms with Crippen molar-refractivity contribution in [3.63, 3.8) is 0 Å². The van der Waals surface area contributed by atoms with Crippen LogP contribution in [0.2, 0.25) is 0 Å². The number of nitrogens with zero attached hydrogens (tertiary/aromatic N) is 2. The van der Waals surface area contributed by atoms with Crippen LogP contribution in [0.15, 0.2) is 28.5 Å². The molecule has 0 unspecified atom stereocenters. The molecule has 2 heterocycles. The van der Waals surface area contributed by atoms with Gasteiger partial charge in [0.25, 0.3) is 5.56 Å². The molecule has 2 aromatic rings. The van der Waals surface area contributed by atoms with Crippen molar-refractivity contribution in [1.29, 1.82) is 0 Å². The van der Waals surface area contributed by atoms with Crippen molar-refractivity contribution in [3.05, 3.63) is 50.1 Å². The molecule has 96 valence electrons. The summed E-state index contributed by atoms with van der Waals surface area (Å²) < 4.78 is 1.49. The number of nitrogens with one attached hydrogen (secondary N) is 1. The Morgan fingerprint density at radius 2 is 2.28 bits per heavy atom. The molecule has 0 fully saturated rings. The first-order chi connectivity index (χ1) is 8.66. The third-order valence-corrected chi connectivity index (χ3v) is 3.78. The van der Waals surface area contributed by atoms with Gasteiger partial charge in [0.15, 0.2) is 0 Å². The molecule has 5 heteroatoms. The highest BCUT2D eigenvalue weighted by Gasteiger charge is 2.00. The summed E-state index contributed by atoms with van der Waals surface area (Å²) in [5.41, 5.74) is 2.18. The summed E-state index contributed by atoms with van der Waals surface area (Å²) in [4.78, 5) is 12.9. The highest BCUT2D eigenvalue weighted by Crippen LogP contribution is 2.14. The van der Waals surface area contributed by atoms with Gasteiger partial charge in [-0.1, -0.05) is 0 Å². The van der Waals surface area contributed by atoms with E-state index in [0.29, 0.717) is 6.54 Å². The lowest BCUT2D eigenvalue weighted by Crippen LogP contribution is -2.28. The molecule has 18 heavy (non-hydrogen) atoms. The first-order valence-electron chi connectivity index (χ1n) is 5.94. The molecule has 0 amide bonds. The Hall–Kier alpha value is -1.46. The predicted octanol–water partition coefficient (Wildman–Crippen LogP) is 1.71. The Bertz CT molecular complexity index is 574. The number of thiophene rings is 1. The monoisotopic (exact) mass is 263 g/mol. The van der Waals surface area contributed by atoms with E-state index in [9.17, 15) is 4.79 Å². The van der Waals surface area contributed by atoms with Crippen LogP contribution in [0, 0.1) is 13.8 Å². The smallest absolute Gasteiger partial charge is 0.267 e. The zero-order valence-electron chi connectivity index (χ0n) is 10.6. The lowest BCUT2D eigenvalue weighted by atomic mass is 10.3. The first-order valence-corrected chi connectivity index (χ1v) is 6.82. The van der Waals surface area contributed by atoms with Crippen LogP contribution >= 0.6 is 11.3 Å². The molecule has 2 aromatic heterocycles. The number of hydrogen-bond donors (Lipinski definition) is 1. The van der Waals surface area contributed by atoms with Crippen LogP contribution in [0.3, 0.4) is 0 Å². The fourth-order valence-electron chi connectivity index (χ4n) is 1.66. The molecule has 0 aliphatic carbocycles. The molecule has 1 N–H and O–H groups in total. The van der Waals surface area contributed by atoms with Crippen molar-refractivity contribution in [3.8, 4) is 0 Å². The molecule has 2 rings (SSSR count). The Morgan fingerprint density at radius 1 is 1.44 bits per heavy atom. The number of aryl methyl sites for hydroxylation is 2. The van der Waals surface area contributed by atoms with Crippen LogP contribution in [0.1, 0.15) is 16.0 Å². The molecule has 0 spiro atoms. The van der Waals surface area contributed by atoms with Gasteiger partial charge in [-0.3, -0.25) is 4.79 Å². The van der Waals surface area contributed by atoms with E-state index in [1.165, 1.54) is 15.1 Å². The minimum Gasteiger partial charge on any atom is -0.310 e. The van der Waals surface area contributed by atoms with E-state index in [1.807, 2.05) is 6.92 Å². The van der Waals surface area contributed by atoms with Crippen LogP contribution < -0.4 is 10.9 Å².